The first kappa shape index (κ1) is 19.9. The van der Waals surface area contributed by atoms with E-state index in [0.717, 1.165) is 4.68 Å². The van der Waals surface area contributed by atoms with E-state index in [0.29, 0.717) is 55.5 Å². The lowest BCUT2D eigenvalue weighted by Crippen LogP contribution is -2.48. The zero-order chi connectivity index (χ0) is 20.3. The van der Waals surface area contributed by atoms with Crippen LogP contribution in [0, 0.1) is 0 Å². The summed E-state index contributed by atoms with van der Waals surface area (Å²) in [6.07, 6.45) is 4.67. The number of thioether (sulfide) groups is 1. The van der Waals surface area contributed by atoms with E-state index in [9.17, 15) is 9.59 Å². The van der Waals surface area contributed by atoms with E-state index in [2.05, 4.69) is 16.7 Å². The standard InChI is InChI=1S/C19H22N4O5S/c1-2-12-29-17-14(4-3-7-20-17)16-21-23(18(25)28-16)13-15(24)22-8-5-19(6-9-22)26-10-11-27-19/h2-4,7H,1,5-6,8-13H2. The highest BCUT2D eigenvalue weighted by Gasteiger charge is 2.40. The lowest BCUT2D eigenvalue weighted by Gasteiger charge is -2.37. The summed E-state index contributed by atoms with van der Waals surface area (Å²) >= 11 is 1.46. The topological polar surface area (TPSA) is 99.7 Å². The predicted molar refractivity (Wildman–Crippen MR) is 105 cm³/mol. The normalized spacial score (nSPS) is 18.3. The molecule has 0 aliphatic carbocycles. The fourth-order valence-corrected chi connectivity index (χ4v) is 4.15. The molecule has 9 nitrogen and oxygen atoms in total. The van der Waals surface area contributed by atoms with Gasteiger partial charge in [0.05, 0.1) is 18.8 Å². The van der Waals surface area contributed by atoms with Crippen molar-refractivity contribution >= 4 is 17.7 Å². The number of pyridine rings is 1. The second-order valence-corrected chi connectivity index (χ2v) is 7.78. The Morgan fingerprint density at radius 2 is 2.07 bits per heavy atom. The van der Waals surface area contributed by atoms with Crippen LogP contribution in [0.15, 0.2) is 45.2 Å². The van der Waals surface area contributed by atoms with Crippen LogP contribution in [-0.4, -0.2) is 63.4 Å². The molecular weight excluding hydrogens is 396 g/mol. The Hall–Kier alpha value is -2.43. The van der Waals surface area contributed by atoms with Gasteiger partial charge in [-0.1, -0.05) is 6.08 Å². The Balaban J connectivity index is 1.44. The second kappa shape index (κ2) is 8.52. The third-order valence-electron chi connectivity index (χ3n) is 4.92. The maximum absolute atomic E-state index is 12.7. The number of hydrogen-bond acceptors (Lipinski definition) is 8. The maximum Gasteiger partial charge on any atom is 0.437 e. The van der Waals surface area contributed by atoms with Crippen LogP contribution in [-0.2, 0) is 20.8 Å². The first-order chi connectivity index (χ1) is 14.1. The smallest absolute Gasteiger partial charge is 0.387 e. The number of ether oxygens (including phenoxy) is 2. The predicted octanol–water partition coefficient (Wildman–Crippen LogP) is 1.54. The molecule has 0 aromatic carbocycles. The molecule has 0 N–H and O–H groups in total. The summed E-state index contributed by atoms with van der Waals surface area (Å²) in [5.74, 6) is -0.598. The minimum Gasteiger partial charge on any atom is -0.387 e. The number of hydrogen-bond donors (Lipinski definition) is 0. The Morgan fingerprint density at radius 1 is 1.31 bits per heavy atom. The van der Waals surface area contributed by atoms with Gasteiger partial charge >= 0.3 is 5.76 Å². The molecular formula is C19H22N4O5S. The Bertz CT molecular complexity index is 940. The van der Waals surface area contributed by atoms with Gasteiger partial charge < -0.3 is 18.8 Å². The van der Waals surface area contributed by atoms with Gasteiger partial charge in [0.2, 0.25) is 5.91 Å². The average molecular weight is 418 g/mol. The molecule has 0 bridgehead atoms. The zero-order valence-corrected chi connectivity index (χ0v) is 16.7. The van der Waals surface area contributed by atoms with Crippen molar-refractivity contribution in [3.05, 3.63) is 41.5 Å². The second-order valence-electron chi connectivity index (χ2n) is 6.77. The minimum atomic E-state index is -0.673. The first-order valence-electron chi connectivity index (χ1n) is 9.43. The number of rotatable bonds is 6. The summed E-state index contributed by atoms with van der Waals surface area (Å²) in [5, 5.41) is 4.90. The van der Waals surface area contributed by atoms with Crippen molar-refractivity contribution in [3.8, 4) is 11.5 Å². The van der Waals surface area contributed by atoms with E-state index >= 15 is 0 Å². The van der Waals surface area contributed by atoms with E-state index in [4.69, 9.17) is 13.9 Å². The summed E-state index contributed by atoms with van der Waals surface area (Å²) in [6, 6.07) is 3.52. The van der Waals surface area contributed by atoms with Crippen LogP contribution in [0.3, 0.4) is 0 Å². The van der Waals surface area contributed by atoms with Crippen molar-refractivity contribution in [1.82, 2.24) is 19.7 Å². The molecule has 0 unspecified atom stereocenters. The van der Waals surface area contributed by atoms with Crippen molar-refractivity contribution < 1.29 is 18.7 Å². The van der Waals surface area contributed by atoms with Gasteiger partial charge in [-0.05, 0) is 12.1 Å². The van der Waals surface area contributed by atoms with Crippen molar-refractivity contribution in [2.24, 2.45) is 0 Å². The number of carbonyl (C=O) groups excluding carboxylic acids is 1. The SMILES string of the molecule is C=CCSc1ncccc1-c1nn(CC(=O)N2CCC3(CC2)OCCO3)c(=O)o1. The van der Waals surface area contributed by atoms with Gasteiger partial charge in [0, 0.05) is 37.9 Å². The molecule has 29 heavy (non-hydrogen) atoms. The van der Waals surface area contributed by atoms with Gasteiger partial charge in [0.25, 0.3) is 5.89 Å². The molecule has 2 saturated heterocycles. The molecule has 0 atom stereocenters. The molecule has 2 aliphatic heterocycles. The lowest BCUT2D eigenvalue weighted by atomic mass is 10.0. The highest BCUT2D eigenvalue weighted by atomic mass is 32.2. The summed E-state index contributed by atoms with van der Waals surface area (Å²) < 4.78 is 17.7. The van der Waals surface area contributed by atoms with Gasteiger partial charge in [-0.2, -0.15) is 4.68 Å². The van der Waals surface area contributed by atoms with Gasteiger partial charge in [-0.15, -0.1) is 23.4 Å². The summed E-state index contributed by atoms with van der Waals surface area (Å²) in [6.45, 7) is 5.74. The van der Waals surface area contributed by atoms with E-state index in [-0.39, 0.29) is 18.3 Å². The number of nitrogens with zero attached hydrogens (tertiary/aromatic N) is 4. The molecule has 0 saturated carbocycles. The third-order valence-corrected chi connectivity index (χ3v) is 5.92. The first-order valence-corrected chi connectivity index (χ1v) is 10.4. The van der Waals surface area contributed by atoms with Crippen LogP contribution in [0.25, 0.3) is 11.5 Å². The van der Waals surface area contributed by atoms with E-state index in [1.165, 1.54) is 11.8 Å². The molecule has 10 heteroatoms. The summed E-state index contributed by atoms with van der Waals surface area (Å²) in [7, 11) is 0. The monoisotopic (exact) mass is 418 g/mol. The van der Waals surface area contributed by atoms with Crippen LogP contribution in [0.4, 0.5) is 0 Å². The van der Waals surface area contributed by atoms with Crippen LogP contribution in [0.2, 0.25) is 0 Å². The minimum absolute atomic E-state index is 0.146. The van der Waals surface area contributed by atoms with Crippen molar-refractivity contribution in [3.63, 3.8) is 0 Å². The molecule has 1 amide bonds. The van der Waals surface area contributed by atoms with Crippen LogP contribution in [0.1, 0.15) is 12.8 Å². The average Bonchev–Trinajstić information content (AvgIpc) is 3.34. The fraction of sp³-hybridized carbons (Fsp3) is 0.474. The van der Waals surface area contributed by atoms with E-state index in [1.54, 1.807) is 29.3 Å². The molecule has 0 radical (unpaired) electrons. The summed E-state index contributed by atoms with van der Waals surface area (Å²) in [4.78, 5) is 30.9. The molecule has 4 heterocycles. The van der Waals surface area contributed by atoms with E-state index < -0.39 is 11.5 Å². The molecule has 2 fully saturated rings. The van der Waals surface area contributed by atoms with Crippen LogP contribution < -0.4 is 5.76 Å². The number of carbonyl (C=O) groups is 1. The summed E-state index contributed by atoms with van der Waals surface area (Å²) in [5.41, 5.74) is 0.609. The van der Waals surface area contributed by atoms with Crippen molar-refractivity contribution in [1.29, 1.82) is 0 Å². The van der Waals surface area contributed by atoms with E-state index in [1.807, 2.05) is 0 Å². The highest BCUT2D eigenvalue weighted by molar-refractivity contribution is 7.99. The zero-order valence-electron chi connectivity index (χ0n) is 15.9. The Labute approximate surface area is 171 Å². The van der Waals surface area contributed by atoms with Gasteiger partial charge in [-0.25, -0.2) is 9.78 Å². The Morgan fingerprint density at radius 3 is 2.79 bits per heavy atom. The third kappa shape index (κ3) is 4.29. The number of aromatic nitrogens is 3. The van der Waals surface area contributed by atoms with Gasteiger partial charge in [0.1, 0.15) is 11.6 Å². The molecule has 1 spiro atoms. The van der Waals surface area contributed by atoms with Gasteiger partial charge in [-0.3, -0.25) is 4.79 Å². The number of amides is 1. The maximum atomic E-state index is 12.7. The fourth-order valence-electron chi connectivity index (χ4n) is 3.43. The highest BCUT2D eigenvalue weighted by Crippen LogP contribution is 2.31. The van der Waals surface area contributed by atoms with Crippen LogP contribution >= 0.6 is 11.8 Å². The van der Waals surface area contributed by atoms with Crippen molar-refractivity contribution in [2.75, 3.05) is 32.1 Å². The molecule has 2 aromatic heterocycles. The molecule has 2 aromatic rings. The Kier molecular flexibility index (Phi) is 5.84. The van der Waals surface area contributed by atoms with Crippen molar-refractivity contribution in [2.45, 2.75) is 30.2 Å². The number of likely N-dealkylation sites (tertiary alicyclic amines) is 1. The quantitative estimate of drug-likeness (QED) is 0.515. The number of piperidine rings is 1. The largest absolute Gasteiger partial charge is 0.437 e. The molecule has 4 rings (SSSR count). The molecule has 2 aliphatic rings. The van der Waals surface area contributed by atoms with Gasteiger partial charge in [0.15, 0.2) is 5.79 Å². The molecule has 154 valence electrons. The van der Waals surface area contributed by atoms with Crippen LogP contribution in [0.5, 0.6) is 0 Å². The lowest BCUT2D eigenvalue weighted by molar-refractivity contribution is -0.187.